The molecular formula is C15H30N2O3. The fourth-order valence-electron chi connectivity index (χ4n) is 2.30. The van der Waals surface area contributed by atoms with Gasteiger partial charge in [0.15, 0.2) is 0 Å². The lowest BCUT2D eigenvalue weighted by Gasteiger charge is -2.34. The number of carbonyl (C=O) groups is 1. The molecule has 20 heavy (non-hydrogen) atoms. The summed E-state index contributed by atoms with van der Waals surface area (Å²) in [6, 6.07) is 0.817. The fraction of sp³-hybridized carbons (Fsp3) is 0.933. The van der Waals surface area contributed by atoms with E-state index in [9.17, 15) is 4.79 Å². The topological polar surface area (TPSA) is 50.8 Å². The van der Waals surface area contributed by atoms with Gasteiger partial charge in [0.1, 0.15) is 5.60 Å². The standard InChI is InChI=1S/C15H30N2O3/c1-6-19-11-12(2)16-13-7-9-17(10-8-13)14(18)20-15(3,4)5/h12-13,16H,6-11H2,1-5H3. The van der Waals surface area contributed by atoms with E-state index in [1.165, 1.54) is 0 Å². The summed E-state index contributed by atoms with van der Waals surface area (Å²) in [4.78, 5) is 13.7. The van der Waals surface area contributed by atoms with Crippen LogP contribution in [0.2, 0.25) is 0 Å². The molecule has 5 nitrogen and oxygen atoms in total. The molecule has 5 heteroatoms. The van der Waals surface area contributed by atoms with Gasteiger partial charge in [-0.2, -0.15) is 0 Å². The van der Waals surface area contributed by atoms with E-state index in [-0.39, 0.29) is 6.09 Å². The average molecular weight is 286 g/mol. The Kier molecular flexibility index (Phi) is 6.76. The van der Waals surface area contributed by atoms with E-state index in [0.717, 1.165) is 39.1 Å². The SMILES string of the molecule is CCOCC(C)NC1CCN(C(=O)OC(C)(C)C)CC1. The Hall–Kier alpha value is -0.810. The molecule has 0 aromatic rings. The number of amides is 1. The Bertz CT molecular complexity index is 294. The Labute approximate surface area is 123 Å². The lowest BCUT2D eigenvalue weighted by molar-refractivity contribution is 0.0191. The summed E-state index contributed by atoms with van der Waals surface area (Å²) in [5.41, 5.74) is -0.418. The van der Waals surface area contributed by atoms with Crippen LogP contribution in [0.15, 0.2) is 0 Å². The first kappa shape index (κ1) is 17.2. The van der Waals surface area contributed by atoms with Crippen LogP contribution < -0.4 is 5.32 Å². The van der Waals surface area contributed by atoms with E-state index in [2.05, 4.69) is 12.2 Å². The third-order valence-corrected chi connectivity index (χ3v) is 3.24. The van der Waals surface area contributed by atoms with E-state index in [1.807, 2.05) is 27.7 Å². The molecule has 1 fully saturated rings. The number of rotatable bonds is 5. The first-order valence-corrected chi connectivity index (χ1v) is 7.63. The number of nitrogens with one attached hydrogen (secondary N) is 1. The van der Waals surface area contributed by atoms with Gasteiger partial charge in [0.25, 0.3) is 0 Å². The molecule has 1 aliphatic rings. The van der Waals surface area contributed by atoms with Gasteiger partial charge in [0.05, 0.1) is 6.61 Å². The van der Waals surface area contributed by atoms with Crippen LogP contribution in [0.1, 0.15) is 47.5 Å². The molecule has 1 aliphatic heterocycles. The van der Waals surface area contributed by atoms with Gasteiger partial charge in [-0.1, -0.05) is 0 Å². The van der Waals surface area contributed by atoms with Gasteiger partial charge in [-0.05, 0) is 47.5 Å². The summed E-state index contributed by atoms with van der Waals surface area (Å²) in [6.45, 7) is 12.8. The van der Waals surface area contributed by atoms with Crippen molar-refractivity contribution < 1.29 is 14.3 Å². The van der Waals surface area contributed by atoms with Crippen molar-refractivity contribution in [3.05, 3.63) is 0 Å². The third-order valence-electron chi connectivity index (χ3n) is 3.24. The molecule has 118 valence electrons. The van der Waals surface area contributed by atoms with Crippen molar-refractivity contribution in [3.63, 3.8) is 0 Å². The van der Waals surface area contributed by atoms with E-state index >= 15 is 0 Å². The third kappa shape index (κ3) is 6.57. The predicted molar refractivity (Wildman–Crippen MR) is 79.9 cm³/mol. The van der Waals surface area contributed by atoms with Gasteiger partial charge in [0.2, 0.25) is 0 Å². The monoisotopic (exact) mass is 286 g/mol. The van der Waals surface area contributed by atoms with Crippen LogP contribution in [-0.2, 0) is 9.47 Å². The maximum atomic E-state index is 11.9. The molecule has 0 aromatic carbocycles. The zero-order valence-electron chi connectivity index (χ0n) is 13.6. The second kappa shape index (κ2) is 7.84. The van der Waals surface area contributed by atoms with Crippen LogP contribution in [-0.4, -0.2) is 55.0 Å². The van der Waals surface area contributed by atoms with Crippen LogP contribution in [0.25, 0.3) is 0 Å². The number of likely N-dealkylation sites (tertiary alicyclic amines) is 1. The molecule has 1 amide bonds. The summed E-state index contributed by atoms with van der Waals surface area (Å²) in [6.07, 6.45) is 1.74. The zero-order chi connectivity index (χ0) is 15.2. The number of piperidine rings is 1. The van der Waals surface area contributed by atoms with Crippen molar-refractivity contribution in [3.8, 4) is 0 Å². The van der Waals surface area contributed by atoms with Crippen LogP contribution in [0, 0.1) is 0 Å². The minimum atomic E-state index is -0.418. The molecule has 1 rings (SSSR count). The summed E-state index contributed by atoms with van der Waals surface area (Å²) in [5.74, 6) is 0. The van der Waals surface area contributed by atoms with E-state index in [4.69, 9.17) is 9.47 Å². The van der Waals surface area contributed by atoms with Crippen molar-refractivity contribution in [2.24, 2.45) is 0 Å². The van der Waals surface area contributed by atoms with Crippen LogP contribution in [0.5, 0.6) is 0 Å². The Morgan fingerprint density at radius 2 is 1.95 bits per heavy atom. The molecule has 1 N–H and O–H groups in total. The van der Waals surface area contributed by atoms with E-state index < -0.39 is 5.60 Å². The largest absolute Gasteiger partial charge is 0.444 e. The van der Waals surface area contributed by atoms with Crippen molar-refractivity contribution >= 4 is 6.09 Å². The van der Waals surface area contributed by atoms with Crippen LogP contribution >= 0.6 is 0 Å². The molecule has 1 saturated heterocycles. The highest BCUT2D eigenvalue weighted by molar-refractivity contribution is 5.68. The van der Waals surface area contributed by atoms with Gasteiger partial charge in [-0.3, -0.25) is 0 Å². The average Bonchev–Trinajstić information content (AvgIpc) is 2.35. The van der Waals surface area contributed by atoms with Crippen LogP contribution in [0.4, 0.5) is 4.79 Å². The summed E-state index contributed by atoms with van der Waals surface area (Å²) in [7, 11) is 0. The summed E-state index contributed by atoms with van der Waals surface area (Å²) in [5, 5.41) is 3.56. The number of hydrogen-bond acceptors (Lipinski definition) is 4. The van der Waals surface area contributed by atoms with Crippen molar-refractivity contribution in [1.29, 1.82) is 0 Å². The zero-order valence-corrected chi connectivity index (χ0v) is 13.6. The number of ether oxygens (including phenoxy) is 2. The second-order valence-electron chi connectivity index (χ2n) is 6.47. The molecule has 0 spiro atoms. The minimum absolute atomic E-state index is 0.196. The molecule has 0 aliphatic carbocycles. The number of carbonyl (C=O) groups excluding carboxylic acids is 1. The molecule has 1 unspecified atom stereocenters. The lowest BCUT2D eigenvalue weighted by Crippen LogP contribution is -2.49. The molecule has 0 saturated carbocycles. The maximum Gasteiger partial charge on any atom is 0.410 e. The predicted octanol–water partition coefficient (Wildman–Crippen LogP) is 2.40. The van der Waals surface area contributed by atoms with Gasteiger partial charge in [0, 0.05) is 31.8 Å². The number of nitrogens with zero attached hydrogens (tertiary/aromatic N) is 1. The van der Waals surface area contributed by atoms with E-state index in [0.29, 0.717) is 12.1 Å². The summed E-state index contributed by atoms with van der Waals surface area (Å²) < 4.78 is 10.8. The van der Waals surface area contributed by atoms with Crippen molar-refractivity contribution in [2.45, 2.75) is 65.1 Å². The Morgan fingerprint density at radius 1 is 1.35 bits per heavy atom. The highest BCUT2D eigenvalue weighted by Crippen LogP contribution is 2.15. The highest BCUT2D eigenvalue weighted by atomic mass is 16.6. The molecular weight excluding hydrogens is 256 g/mol. The first-order chi connectivity index (χ1) is 9.31. The maximum absolute atomic E-state index is 11.9. The number of hydrogen-bond donors (Lipinski definition) is 1. The Morgan fingerprint density at radius 3 is 2.45 bits per heavy atom. The molecule has 0 bridgehead atoms. The minimum Gasteiger partial charge on any atom is -0.444 e. The normalized spacial score (nSPS) is 18.9. The van der Waals surface area contributed by atoms with Crippen molar-refractivity contribution in [1.82, 2.24) is 10.2 Å². The van der Waals surface area contributed by atoms with Gasteiger partial charge in [-0.15, -0.1) is 0 Å². The lowest BCUT2D eigenvalue weighted by atomic mass is 10.0. The van der Waals surface area contributed by atoms with Gasteiger partial charge in [-0.25, -0.2) is 4.79 Å². The molecule has 1 atom stereocenters. The molecule has 0 aromatic heterocycles. The second-order valence-corrected chi connectivity index (χ2v) is 6.47. The summed E-state index contributed by atoms with van der Waals surface area (Å²) >= 11 is 0. The van der Waals surface area contributed by atoms with Gasteiger partial charge < -0.3 is 19.7 Å². The molecule has 0 radical (unpaired) electrons. The van der Waals surface area contributed by atoms with E-state index in [1.54, 1.807) is 4.90 Å². The quantitative estimate of drug-likeness (QED) is 0.843. The smallest absolute Gasteiger partial charge is 0.410 e. The Balaban J connectivity index is 2.27. The highest BCUT2D eigenvalue weighted by Gasteiger charge is 2.27. The van der Waals surface area contributed by atoms with Crippen molar-refractivity contribution in [2.75, 3.05) is 26.3 Å². The fourth-order valence-corrected chi connectivity index (χ4v) is 2.30. The van der Waals surface area contributed by atoms with Gasteiger partial charge >= 0.3 is 6.09 Å². The first-order valence-electron chi connectivity index (χ1n) is 7.63. The molecule has 1 heterocycles. The van der Waals surface area contributed by atoms with Crippen LogP contribution in [0.3, 0.4) is 0 Å².